The van der Waals surface area contributed by atoms with E-state index in [9.17, 15) is 0 Å². The van der Waals surface area contributed by atoms with Crippen LogP contribution in [0.4, 0.5) is 0 Å². The van der Waals surface area contributed by atoms with Gasteiger partial charge >= 0.3 is 0 Å². The van der Waals surface area contributed by atoms with Gasteiger partial charge in [-0.05, 0) is 44.3 Å². The standard InChI is InChI=1S/C14H18N2O2S/c1-4-16-13(19)15-11-8-14(16,2)18-12-6-5-9(17-3)7-10(11)12/h5-7,11H,4,8H2,1-3H3,(H,15,19). The number of rotatable bonds is 2. The number of nitrogens with one attached hydrogen (secondary N) is 1. The highest BCUT2D eigenvalue weighted by Crippen LogP contribution is 2.44. The molecule has 2 aliphatic rings. The highest BCUT2D eigenvalue weighted by atomic mass is 32.1. The SMILES string of the molecule is CCN1C(=S)NC2CC1(C)Oc1ccc(OC)cc12. The molecule has 0 amide bonds. The monoisotopic (exact) mass is 278 g/mol. The first kappa shape index (κ1) is 12.5. The van der Waals surface area contributed by atoms with Crippen LogP contribution in [0.3, 0.4) is 0 Å². The first-order valence-corrected chi connectivity index (χ1v) is 6.93. The Labute approximate surface area is 118 Å². The van der Waals surface area contributed by atoms with Gasteiger partial charge in [0, 0.05) is 18.5 Å². The molecule has 0 saturated carbocycles. The topological polar surface area (TPSA) is 33.7 Å². The summed E-state index contributed by atoms with van der Waals surface area (Å²) in [6.07, 6.45) is 0.876. The van der Waals surface area contributed by atoms with Gasteiger partial charge in [0.1, 0.15) is 11.5 Å². The fourth-order valence-corrected chi connectivity index (χ4v) is 3.46. The van der Waals surface area contributed by atoms with Crippen molar-refractivity contribution in [2.24, 2.45) is 0 Å². The number of hydrogen-bond acceptors (Lipinski definition) is 3. The first-order valence-electron chi connectivity index (χ1n) is 6.52. The summed E-state index contributed by atoms with van der Waals surface area (Å²) in [7, 11) is 1.67. The molecule has 0 aromatic heterocycles. The van der Waals surface area contributed by atoms with Gasteiger partial charge in [-0.15, -0.1) is 0 Å². The number of hydrogen-bond donors (Lipinski definition) is 1. The highest BCUT2D eigenvalue weighted by Gasteiger charge is 2.46. The van der Waals surface area contributed by atoms with E-state index in [4.69, 9.17) is 21.7 Å². The van der Waals surface area contributed by atoms with Crippen LogP contribution in [0.2, 0.25) is 0 Å². The highest BCUT2D eigenvalue weighted by molar-refractivity contribution is 7.80. The van der Waals surface area contributed by atoms with Crippen molar-refractivity contribution in [1.29, 1.82) is 0 Å². The van der Waals surface area contributed by atoms with Crippen molar-refractivity contribution in [2.75, 3.05) is 13.7 Å². The summed E-state index contributed by atoms with van der Waals surface area (Å²) in [5, 5.41) is 4.16. The Balaban J connectivity index is 2.05. The lowest BCUT2D eigenvalue weighted by molar-refractivity contribution is -0.0659. The molecule has 3 rings (SSSR count). The number of thiocarbonyl (C=S) groups is 1. The van der Waals surface area contributed by atoms with E-state index in [2.05, 4.69) is 24.1 Å². The lowest BCUT2D eigenvalue weighted by Crippen LogP contribution is -2.64. The Bertz CT molecular complexity index is 534. The molecule has 102 valence electrons. The van der Waals surface area contributed by atoms with Gasteiger partial charge in [-0.1, -0.05) is 0 Å². The number of methoxy groups -OCH3 is 1. The Morgan fingerprint density at radius 3 is 3.05 bits per heavy atom. The van der Waals surface area contributed by atoms with E-state index in [0.29, 0.717) is 0 Å². The van der Waals surface area contributed by atoms with Crippen molar-refractivity contribution >= 4 is 17.3 Å². The molecular weight excluding hydrogens is 260 g/mol. The molecule has 0 spiro atoms. The molecule has 5 heteroatoms. The van der Waals surface area contributed by atoms with E-state index in [1.165, 1.54) is 0 Å². The van der Waals surface area contributed by atoms with Gasteiger partial charge < -0.3 is 19.7 Å². The number of fused-ring (bicyclic) bond motifs is 4. The summed E-state index contributed by atoms with van der Waals surface area (Å²) in [5.41, 5.74) is 0.763. The quantitative estimate of drug-likeness (QED) is 0.840. The van der Waals surface area contributed by atoms with E-state index in [1.807, 2.05) is 18.2 Å². The maximum absolute atomic E-state index is 6.21. The van der Waals surface area contributed by atoms with Crippen LogP contribution >= 0.6 is 12.2 Å². The van der Waals surface area contributed by atoms with Crippen LogP contribution in [0.5, 0.6) is 11.5 Å². The molecular formula is C14H18N2O2S. The third-order valence-corrected chi connectivity index (χ3v) is 4.27. The number of benzene rings is 1. The minimum Gasteiger partial charge on any atom is -0.497 e. The second-order valence-electron chi connectivity index (χ2n) is 5.13. The molecule has 1 fully saturated rings. The zero-order chi connectivity index (χ0) is 13.6. The predicted octanol–water partition coefficient (Wildman–Crippen LogP) is 2.45. The minimum absolute atomic E-state index is 0.194. The third kappa shape index (κ3) is 1.84. The van der Waals surface area contributed by atoms with E-state index < -0.39 is 0 Å². The maximum atomic E-state index is 6.21. The average molecular weight is 278 g/mol. The van der Waals surface area contributed by atoms with Crippen LogP contribution in [0.25, 0.3) is 0 Å². The molecule has 0 aliphatic carbocycles. The Morgan fingerprint density at radius 1 is 1.58 bits per heavy atom. The molecule has 1 aromatic rings. The second kappa shape index (κ2) is 4.27. The van der Waals surface area contributed by atoms with Crippen molar-refractivity contribution in [3.8, 4) is 11.5 Å². The van der Waals surface area contributed by atoms with E-state index in [-0.39, 0.29) is 11.8 Å². The molecule has 2 unspecified atom stereocenters. The molecule has 1 saturated heterocycles. The summed E-state index contributed by atoms with van der Waals surface area (Å²) in [6.45, 7) is 5.02. The second-order valence-corrected chi connectivity index (χ2v) is 5.52. The van der Waals surface area contributed by atoms with Crippen molar-refractivity contribution in [3.05, 3.63) is 23.8 Å². The lowest BCUT2D eigenvalue weighted by Gasteiger charge is -2.52. The van der Waals surface area contributed by atoms with E-state index >= 15 is 0 Å². The van der Waals surface area contributed by atoms with Crippen molar-refractivity contribution in [1.82, 2.24) is 10.2 Å². The van der Waals surface area contributed by atoms with Gasteiger partial charge in [0.15, 0.2) is 10.8 Å². The number of nitrogens with zero attached hydrogens (tertiary/aromatic N) is 1. The molecule has 2 bridgehead atoms. The molecule has 2 heterocycles. The van der Waals surface area contributed by atoms with Gasteiger partial charge in [-0.25, -0.2) is 0 Å². The molecule has 0 radical (unpaired) electrons. The van der Waals surface area contributed by atoms with Gasteiger partial charge in [0.2, 0.25) is 0 Å². The first-order chi connectivity index (χ1) is 9.07. The van der Waals surface area contributed by atoms with Crippen molar-refractivity contribution < 1.29 is 9.47 Å². The maximum Gasteiger partial charge on any atom is 0.184 e. The van der Waals surface area contributed by atoms with Crippen molar-refractivity contribution in [3.63, 3.8) is 0 Å². The lowest BCUT2D eigenvalue weighted by atomic mass is 9.90. The van der Waals surface area contributed by atoms with Gasteiger partial charge in [0.05, 0.1) is 13.2 Å². The van der Waals surface area contributed by atoms with Crippen LogP contribution in [0.15, 0.2) is 18.2 Å². The van der Waals surface area contributed by atoms with Crippen molar-refractivity contribution in [2.45, 2.75) is 32.0 Å². The summed E-state index contributed by atoms with van der Waals surface area (Å²) in [5.74, 6) is 1.75. The van der Waals surface area contributed by atoms with Crippen LogP contribution in [0.1, 0.15) is 31.9 Å². The fourth-order valence-electron chi connectivity index (χ4n) is 3.00. The molecule has 1 aromatic carbocycles. The van der Waals surface area contributed by atoms with Crippen LogP contribution in [-0.2, 0) is 0 Å². The minimum atomic E-state index is -0.358. The summed E-state index contributed by atoms with van der Waals surface area (Å²) in [4.78, 5) is 2.10. The number of ether oxygens (including phenoxy) is 2. The Morgan fingerprint density at radius 2 is 2.37 bits per heavy atom. The Kier molecular flexibility index (Phi) is 2.82. The predicted molar refractivity (Wildman–Crippen MR) is 77.5 cm³/mol. The van der Waals surface area contributed by atoms with Gasteiger partial charge in [-0.2, -0.15) is 0 Å². The summed E-state index contributed by atoms with van der Waals surface area (Å²) in [6, 6.07) is 6.12. The molecule has 1 N–H and O–H groups in total. The largest absolute Gasteiger partial charge is 0.497 e. The normalized spacial score (nSPS) is 28.3. The molecule has 19 heavy (non-hydrogen) atoms. The zero-order valence-corrected chi connectivity index (χ0v) is 12.2. The summed E-state index contributed by atoms with van der Waals surface area (Å²) < 4.78 is 11.5. The van der Waals surface area contributed by atoms with Gasteiger partial charge in [-0.3, -0.25) is 0 Å². The Hall–Kier alpha value is -1.49. The smallest absolute Gasteiger partial charge is 0.184 e. The van der Waals surface area contributed by atoms with Crippen LogP contribution < -0.4 is 14.8 Å². The van der Waals surface area contributed by atoms with E-state index in [0.717, 1.165) is 35.1 Å². The van der Waals surface area contributed by atoms with Crippen LogP contribution in [-0.4, -0.2) is 29.4 Å². The molecule has 2 aliphatic heterocycles. The fraction of sp³-hybridized carbons (Fsp3) is 0.500. The molecule has 2 atom stereocenters. The van der Waals surface area contributed by atoms with Crippen LogP contribution in [0, 0.1) is 0 Å². The summed E-state index contributed by atoms with van der Waals surface area (Å²) >= 11 is 5.45. The van der Waals surface area contributed by atoms with Gasteiger partial charge in [0.25, 0.3) is 0 Å². The van der Waals surface area contributed by atoms with E-state index in [1.54, 1.807) is 7.11 Å². The molecule has 4 nitrogen and oxygen atoms in total. The average Bonchev–Trinajstić information content (AvgIpc) is 2.38. The zero-order valence-electron chi connectivity index (χ0n) is 11.4. The third-order valence-electron chi connectivity index (χ3n) is 3.94.